The molecular weight excluding hydrogens is 400 g/mol. The first-order valence-corrected chi connectivity index (χ1v) is 11.2. The summed E-state index contributed by atoms with van der Waals surface area (Å²) in [4.78, 5) is 16.7. The molecule has 0 amide bonds. The molecule has 5 heterocycles. The zero-order valence-electron chi connectivity index (χ0n) is 17.3. The van der Waals surface area contributed by atoms with Gasteiger partial charge >= 0.3 is 0 Å². The average Bonchev–Trinajstić information content (AvgIpc) is 3.19. The number of allylic oxidation sites excluding steroid dienone is 2. The monoisotopic (exact) mass is 428 g/mol. The van der Waals surface area contributed by atoms with E-state index >= 15 is 0 Å². The van der Waals surface area contributed by atoms with Crippen LogP contribution in [-0.2, 0) is 0 Å². The van der Waals surface area contributed by atoms with E-state index in [2.05, 4.69) is 50.3 Å². The van der Waals surface area contributed by atoms with Crippen LogP contribution in [0.4, 0.5) is 0 Å². The van der Waals surface area contributed by atoms with Gasteiger partial charge in [0, 0.05) is 45.0 Å². The van der Waals surface area contributed by atoms with Crippen LogP contribution in [0.1, 0.15) is 24.6 Å². The number of likely N-dealkylation sites (N-methyl/N-ethyl adjacent to an activating group) is 1. The Morgan fingerprint density at radius 2 is 2.03 bits per heavy atom. The van der Waals surface area contributed by atoms with Gasteiger partial charge < -0.3 is 25.1 Å². The Morgan fingerprint density at radius 1 is 1.20 bits per heavy atom. The molecule has 1 aromatic rings. The van der Waals surface area contributed by atoms with E-state index in [0.717, 1.165) is 44.3 Å². The van der Waals surface area contributed by atoms with Crippen molar-refractivity contribution >= 4 is 17.4 Å². The van der Waals surface area contributed by atoms with Crippen LogP contribution in [0.25, 0.3) is 0 Å². The van der Waals surface area contributed by atoms with Crippen molar-refractivity contribution in [2.24, 2.45) is 4.99 Å². The van der Waals surface area contributed by atoms with Crippen LogP contribution in [-0.4, -0.2) is 88.6 Å². The lowest BCUT2D eigenvalue weighted by atomic mass is 9.90. The Balaban J connectivity index is 1.31. The zero-order chi connectivity index (χ0) is 20.7. The Hall–Kier alpha value is -1.93. The minimum absolute atomic E-state index is 0.0616. The van der Waals surface area contributed by atoms with Crippen molar-refractivity contribution < 1.29 is 5.11 Å². The van der Waals surface area contributed by atoms with Crippen molar-refractivity contribution in [3.63, 3.8) is 0 Å². The maximum Gasteiger partial charge on any atom is 0.129 e. The van der Waals surface area contributed by atoms with E-state index in [1.165, 1.54) is 5.82 Å². The van der Waals surface area contributed by atoms with Crippen molar-refractivity contribution in [2.45, 2.75) is 37.1 Å². The molecule has 2 saturated heterocycles. The summed E-state index contributed by atoms with van der Waals surface area (Å²) >= 11 is 6.38. The third-order valence-electron chi connectivity index (χ3n) is 6.57. The molecule has 1 aromatic heterocycles. The normalized spacial score (nSPS) is 32.1. The summed E-state index contributed by atoms with van der Waals surface area (Å²) in [5, 5.41) is 14.9. The number of aromatic nitrogens is 1. The topological polar surface area (TPSA) is 67.2 Å². The number of halogens is 1. The second kappa shape index (κ2) is 8.30. The van der Waals surface area contributed by atoms with Crippen molar-refractivity contribution in [2.75, 3.05) is 39.8 Å². The first-order valence-electron chi connectivity index (χ1n) is 10.8. The fourth-order valence-electron chi connectivity index (χ4n) is 4.91. The Kier molecular flexibility index (Phi) is 5.54. The number of aliphatic hydroxyl groups excluding tert-OH is 1. The van der Waals surface area contributed by atoms with E-state index in [9.17, 15) is 5.11 Å². The minimum atomic E-state index is -0.389. The molecule has 5 rings (SSSR count). The molecule has 0 bridgehead atoms. The number of nitrogens with one attached hydrogen (secondary N) is 1. The predicted octanol–water partition coefficient (Wildman–Crippen LogP) is 1.63. The smallest absolute Gasteiger partial charge is 0.129 e. The third kappa shape index (κ3) is 3.87. The standard InChI is InChI=1S/C22H29ClN6O/c1-27-8-10-28(11-9-27)21-6-2-5-20-26-19(14-29(20)21)17-12-15(30)13-18(25-17)22-16(23)4-3-7-24-22/h2-7,15,17-19,25,30H,8-14H2,1H3/t15-,17+,18-,19?/m0/s1. The van der Waals surface area contributed by atoms with Crippen LogP contribution in [0.5, 0.6) is 0 Å². The van der Waals surface area contributed by atoms with Crippen LogP contribution in [0, 0.1) is 0 Å². The molecular formula is C22H29ClN6O. The predicted molar refractivity (Wildman–Crippen MR) is 118 cm³/mol. The van der Waals surface area contributed by atoms with E-state index in [0.29, 0.717) is 17.9 Å². The Labute approximate surface area is 182 Å². The fourth-order valence-corrected chi connectivity index (χ4v) is 5.17. The molecule has 2 N–H and O–H groups in total. The van der Waals surface area contributed by atoms with Gasteiger partial charge in [-0.05, 0) is 44.2 Å². The van der Waals surface area contributed by atoms with Gasteiger partial charge in [0.05, 0.1) is 28.9 Å². The van der Waals surface area contributed by atoms with E-state index in [1.807, 2.05) is 12.1 Å². The highest BCUT2D eigenvalue weighted by molar-refractivity contribution is 6.31. The number of hydrogen-bond acceptors (Lipinski definition) is 7. The molecule has 30 heavy (non-hydrogen) atoms. The summed E-state index contributed by atoms with van der Waals surface area (Å²) in [5.41, 5.74) is 0.809. The van der Waals surface area contributed by atoms with Crippen LogP contribution in [0.15, 0.2) is 47.4 Å². The molecule has 4 atom stereocenters. The maximum atomic E-state index is 10.6. The molecule has 1 unspecified atom stereocenters. The number of rotatable bonds is 3. The lowest BCUT2D eigenvalue weighted by Crippen LogP contribution is -2.51. The summed E-state index contributed by atoms with van der Waals surface area (Å²) in [6.07, 6.45) is 9.07. The van der Waals surface area contributed by atoms with Crippen LogP contribution in [0.2, 0.25) is 5.02 Å². The van der Waals surface area contributed by atoms with Crippen molar-refractivity contribution in [1.29, 1.82) is 0 Å². The molecule has 0 radical (unpaired) electrons. The molecule has 4 aliphatic heterocycles. The number of aliphatic hydroxyl groups is 1. The molecule has 4 aliphatic rings. The maximum absolute atomic E-state index is 10.6. The third-order valence-corrected chi connectivity index (χ3v) is 6.89. The number of hydrogen-bond donors (Lipinski definition) is 2. The van der Waals surface area contributed by atoms with E-state index in [1.54, 1.807) is 6.20 Å². The van der Waals surface area contributed by atoms with Gasteiger partial charge in [0.15, 0.2) is 0 Å². The summed E-state index contributed by atoms with van der Waals surface area (Å²) < 4.78 is 0. The highest BCUT2D eigenvalue weighted by Gasteiger charge is 2.39. The SMILES string of the molecule is CN1CCN(C2=CC=CC3=NC([C@H]4C[C@H](O)C[C@@H](c5ncccc5Cl)N4)CN23)CC1. The number of nitrogens with zero attached hydrogens (tertiary/aromatic N) is 5. The van der Waals surface area contributed by atoms with Gasteiger partial charge in [0.1, 0.15) is 11.7 Å². The molecule has 0 aliphatic carbocycles. The number of amidine groups is 1. The number of pyridine rings is 1. The van der Waals surface area contributed by atoms with Gasteiger partial charge in [0.25, 0.3) is 0 Å². The van der Waals surface area contributed by atoms with Crippen molar-refractivity contribution in [1.82, 2.24) is 25.0 Å². The van der Waals surface area contributed by atoms with Crippen molar-refractivity contribution in [3.05, 3.63) is 53.1 Å². The highest BCUT2D eigenvalue weighted by atomic mass is 35.5. The van der Waals surface area contributed by atoms with Crippen LogP contribution in [0.3, 0.4) is 0 Å². The lowest BCUT2D eigenvalue weighted by molar-refractivity contribution is 0.0846. The van der Waals surface area contributed by atoms with E-state index in [4.69, 9.17) is 16.6 Å². The summed E-state index contributed by atoms with van der Waals surface area (Å²) in [7, 11) is 2.18. The summed E-state index contributed by atoms with van der Waals surface area (Å²) in [6, 6.07) is 3.79. The first-order chi connectivity index (χ1) is 14.6. The minimum Gasteiger partial charge on any atom is -0.393 e. The molecule has 8 heteroatoms. The zero-order valence-corrected chi connectivity index (χ0v) is 18.0. The molecule has 7 nitrogen and oxygen atoms in total. The lowest BCUT2D eigenvalue weighted by Gasteiger charge is -2.40. The Bertz CT molecular complexity index is 878. The first kappa shape index (κ1) is 20.0. The van der Waals surface area contributed by atoms with Gasteiger partial charge in [0.2, 0.25) is 0 Å². The number of piperidine rings is 1. The molecule has 0 spiro atoms. The van der Waals surface area contributed by atoms with Gasteiger partial charge in [-0.1, -0.05) is 17.7 Å². The van der Waals surface area contributed by atoms with Crippen LogP contribution >= 0.6 is 11.6 Å². The number of piperazine rings is 1. The molecule has 160 valence electrons. The fraction of sp³-hybridized carbons (Fsp3) is 0.545. The van der Waals surface area contributed by atoms with E-state index < -0.39 is 0 Å². The largest absolute Gasteiger partial charge is 0.393 e. The average molecular weight is 429 g/mol. The van der Waals surface area contributed by atoms with Crippen LogP contribution < -0.4 is 5.32 Å². The molecule has 2 fully saturated rings. The quantitative estimate of drug-likeness (QED) is 0.762. The van der Waals surface area contributed by atoms with Gasteiger partial charge in [-0.15, -0.1) is 0 Å². The van der Waals surface area contributed by atoms with Gasteiger partial charge in [-0.3, -0.25) is 9.98 Å². The summed E-state index contributed by atoms with van der Waals surface area (Å²) in [5.74, 6) is 2.26. The van der Waals surface area contributed by atoms with Crippen molar-refractivity contribution in [3.8, 4) is 0 Å². The highest BCUT2D eigenvalue weighted by Crippen LogP contribution is 2.33. The van der Waals surface area contributed by atoms with E-state index in [-0.39, 0.29) is 24.2 Å². The number of aliphatic imine (C=N–C) groups is 1. The second-order valence-electron chi connectivity index (χ2n) is 8.66. The Morgan fingerprint density at radius 3 is 2.83 bits per heavy atom. The number of fused-ring (bicyclic) bond motifs is 1. The molecule has 0 aromatic carbocycles. The van der Waals surface area contributed by atoms with Gasteiger partial charge in [-0.25, -0.2) is 0 Å². The summed E-state index contributed by atoms with van der Waals surface area (Å²) in [6.45, 7) is 5.04. The van der Waals surface area contributed by atoms with Gasteiger partial charge in [-0.2, -0.15) is 0 Å². The second-order valence-corrected chi connectivity index (χ2v) is 9.07. The molecule has 0 saturated carbocycles.